The number of hydrogen-bond acceptors (Lipinski definition) is 4. The van der Waals surface area contributed by atoms with Crippen molar-refractivity contribution >= 4 is 23.6 Å². The predicted molar refractivity (Wildman–Crippen MR) is 79.3 cm³/mol. The predicted octanol–water partition coefficient (Wildman–Crippen LogP) is 0.290. The van der Waals surface area contributed by atoms with Crippen LogP contribution in [0.4, 0.5) is 0 Å². The van der Waals surface area contributed by atoms with Gasteiger partial charge in [-0.05, 0) is 31.9 Å². The molecule has 3 rings (SSSR count). The maximum absolute atomic E-state index is 12.3. The first-order valence-electron chi connectivity index (χ1n) is 7.42. The van der Waals surface area contributed by atoms with Crippen LogP contribution in [0.25, 0.3) is 0 Å². The van der Waals surface area contributed by atoms with Crippen LogP contribution in [0.3, 0.4) is 0 Å². The van der Waals surface area contributed by atoms with Gasteiger partial charge in [0.15, 0.2) is 0 Å². The Morgan fingerprint density at radius 1 is 1.15 bits per heavy atom. The fraction of sp³-hybridized carbons (Fsp3) is 0.857. The Bertz CT molecular complexity index is 417. The number of nitrogens with two attached hydrogens (primary N) is 1. The van der Waals surface area contributed by atoms with Gasteiger partial charge in [0.2, 0.25) is 0 Å². The highest BCUT2D eigenvalue weighted by atomic mass is 32.2. The van der Waals surface area contributed by atoms with Crippen LogP contribution in [0, 0.1) is 5.41 Å². The Morgan fingerprint density at radius 2 is 1.75 bits per heavy atom. The van der Waals surface area contributed by atoms with E-state index in [9.17, 15) is 9.59 Å². The molecule has 0 radical (unpaired) electrons. The van der Waals surface area contributed by atoms with Crippen molar-refractivity contribution in [1.82, 2.24) is 9.80 Å². The van der Waals surface area contributed by atoms with Gasteiger partial charge in [0.25, 0.3) is 0 Å². The molecule has 20 heavy (non-hydrogen) atoms. The van der Waals surface area contributed by atoms with Crippen molar-refractivity contribution in [2.75, 3.05) is 32.4 Å². The molecular formula is C14H23N3O2S. The molecule has 0 aromatic rings. The lowest BCUT2D eigenvalue weighted by Crippen LogP contribution is -2.48. The van der Waals surface area contributed by atoms with Gasteiger partial charge in [-0.25, -0.2) is 0 Å². The molecule has 2 amide bonds. The van der Waals surface area contributed by atoms with E-state index in [1.165, 1.54) is 0 Å². The van der Waals surface area contributed by atoms with Crippen molar-refractivity contribution in [1.29, 1.82) is 0 Å². The number of carbonyl (C=O) groups excluding carboxylic acids is 2. The summed E-state index contributed by atoms with van der Waals surface area (Å²) >= 11 is 1.85. The van der Waals surface area contributed by atoms with Crippen molar-refractivity contribution in [2.45, 2.75) is 37.0 Å². The third-order valence-electron chi connectivity index (χ3n) is 5.13. The number of nitrogens with zero attached hydrogens (tertiary/aromatic N) is 2. The largest absolute Gasteiger partial charge is 0.334 e. The fourth-order valence-electron chi connectivity index (χ4n) is 3.40. The molecule has 1 saturated carbocycles. The van der Waals surface area contributed by atoms with Gasteiger partial charge in [0.05, 0.1) is 0 Å². The molecule has 112 valence electrons. The first kappa shape index (κ1) is 14.2. The van der Waals surface area contributed by atoms with Crippen molar-refractivity contribution in [2.24, 2.45) is 11.1 Å². The van der Waals surface area contributed by atoms with Crippen LogP contribution >= 0.6 is 11.8 Å². The first-order chi connectivity index (χ1) is 9.55. The van der Waals surface area contributed by atoms with Gasteiger partial charge < -0.3 is 15.5 Å². The second kappa shape index (κ2) is 5.22. The molecule has 1 spiro atoms. The summed E-state index contributed by atoms with van der Waals surface area (Å²) < 4.78 is 0. The Hall–Kier alpha value is -0.750. The van der Waals surface area contributed by atoms with Crippen molar-refractivity contribution in [3.63, 3.8) is 0 Å². The SMILES string of the molecule is CSC1CCN(C(=O)C(=O)N2CC(N)C3(CC3)C2)CC1. The molecule has 2 saturated heterocycles. The summed E-state index contributed by atoms with van der Waals surface area (Å²) in [5.41, 5.74) is 6.24. The number of carbonyl (C=O) groups is 2. The highest BCUT2D eigenvalue weighted by molar-refractivity contribution is 7.99. The lowest BCUT2D eigenvalue weighted by molar-refractivity contribution is -0.151. The summed E-state index contributed by atoms with van der Waals surface area (Å²) in [5.74, 6) is -0.665. The third-order valence-corrected chi connectivity index (χ3v) is 6.27. The zero-order valence-corrected chi connectivity index (χ0v) is 12.8. The molecule has 3 aliphatic rings. The number of piperidine rings is 1. The van der Waals surface area contributed by atoms with Gasteiger partial charge in [-0.15, -0.1) is 0 Å². The molecule has 1 aliphatic carbocycles. The molecule has 1 unspecified atom stereocenters. The molecular weight excluding hydrogens is 274 g/mol. The Balaban J connectivity index is 1.56. The molecule has 0 bridgehead atoms. The van der Waals surface area contributed by atoms with Gasteiger partial charge in [-0.2, -0.15) is 11.8 Å². The molecule has 5 nitrogen and oxygen atoms in total. The van der Waals surface area contributed by atoms with Crippen molar-refractivity contribution in [3.8, 4) is 0 Å². The second-order valence-corrected chi connectivity index (χ2v) is 7.52. The van der Waals surface area contributed by atoms with Gasteiger partial charge in [-0.3, -0.25) is 9.59 Å². The van der Waals surface area contributed by atoms with Crippen LogP contribution in [0.5, 0.6) is 0 Å². The van der Waals surface area contributed by atoms with Crippen LogP contribution in [0.1, 0.15) is 25.7 Å². The lowest BCUT2D eigenvalue weighted by atomic mass is 10.0. The van der Waals surface area contributed by atoms with E-state index < -0.39 is 0 Å². The summed E-state index contributed by atoms with van der Waals surface area (Å²) in [6, 6.07) is 0.0569. The molecule has 0 aromatic carbocycles. The molecule has 3 fully saturated rings. The quantitative estimate of drug-likeness (QED) is 0.707. The van der Waals surface area contributed by atoms with Crippen LogP contribution in [-0.4, -0.2) is 65.3 Å². The molecule has 0 aromatic heterocycles. The zero-order chi connectivity index (χ0) is 14.3. The number of hydrogen-bond donors (Lipinski definition) is 1. The normalized spacial score (nSPS) is 29.0. The third kappa shape index (κ3) is 2.44. The van der Waals surface area contributed by atoms with Crippen molar-refractivity contribution in [3.05, 3.63) is 0 Å². The van der Waals surface area contributed by atoms with E-state index in [0.717, 1.165) is 25.7 Å². The van der Waals surface area contributed by atoms with Gasteiger partial charge in [0, 0.05) is 42.9 Å². The first-order valence-corrected chi connectivity index (χ1v) is 8.71. The number of thioether (sulfide) groups is 1. The second-order valence-electron chi connectivity index (χ2n) is 6.38. The van der Waals surface area contributed by atoms with Crippen LogP contribution in [-0.2, 0) is 9.59 Å². The Labute approximate surface area is 124 Å². The number of likely N-dealkylation sites (tertiary alicyclic amines) is 2. The van der Waals surface area contributed by atoms with E-state index in [0.29, 0.717) is 31.4 Å². The minimum atomic E-state index is -0.341. The Morgan fingerprint density at radius 3 is 2.25 bits per heavy atom. The van der Waals surface area contributed by atoms with E-state index in [1.54, 1.807) is 9.80 Å². The van der Waals surface area contributed by atoms with Crippen LogP contribution < -0.4 is 5.73 Å². The maximum Gasteiger partial charge on any atom is 0.312 e. The standard InChI is InChI=1S/C14H23N3O2S/c1-20-10-2-6-16(7-3-10)12(18)13(19)17-8-11(15)14(9-17)4-5-14/h10-11H,2-9,15H2,1H3. The van der Waals surface area contributed by atoms with Gasteiger partial charge in [0.1, 0.15) is 0 Å². The maximum atomic E-state index is 12.3. The fourth-order valence-corrected chi connectivity index (χ4v) is 4.08. The van der Waals surface area contributed by atoms with E-state index in [2.05, 4.69) is 6.26 Å². The van der Waals surface area contributed by atoms with E-state index >= 15 is 0 Å². The monoisotopic (exact) mass is 297 g/mol. The zero-order valence-electron chi connectivity index (χ0n) is 12.0. The van der Waals surface area contributed by atoms with E-state index in [4.69, 9.17) is 5.73 Å². The summed E-state index contributed by atoms with van der Waals surface area (Å²) in [6.45, 7) is 2.65. The van der Waals surface area contributed by atoms with Gasteiger partial charge in [-0.1, -0.05) is 0 Å². The molecule has 2 aliphatic heterocycles. The van der Waals surface area contributed by atoms with E-state index in [1.807, 2.05) is 11.8 Å². The molecule has 1 atom stereocenters. The van der Waals surface area contributed by atoms with Crippen LogP contribution in [0.2, 0.25) is 0 Å². The average molecular weight is 297 g/mol. The van der Waals surface area contributed by atoms with Crippen molar-refractivity contribution < 1.29 is 9.59 Å². The molecule has 6 heteroatoms. The topological polar surface area (TPSA) is 66.6 Å². The molecule has 2 heterocycles. The minimum absolute atomic E-state index is 0.0569. The Kier molecular flexibility index (Phi) is 3.71. The highest BCUT2D eigenvalue weighted by Gasteiger charge is 2.55. The van der Waals surface area contributed by atoms with E-state index in [-0.39, 0.29) is 23.3 Å². The van der Waals surface area contributed by atoms with Gasteiger partial charge >= 0.3 is 11.8 Å². The summed E-state index contributed by atoms with van der Waals surface area (Å²) in [6.07, 6.45) is 6.29. The summed E-state index contributed by atoms with van der Waals surface area (Å²) in [7, 11) is 0. The van der Waals surface area contributed by atoms with Crippen LogP contribution in [0.15, 0.2) is 0 Å². The lowest BCUT2D eigenvalue weighted by Gasteiger charge is -2.31. The summed E-state index contributed by atoms with van der Waals surface area (Å²) in [4.78, 5) is 28.0. The smallest absolute Gasteiger partial charge is 0.312 e. The average Bonchev–Trinajstić information content (AvgIpc) is 3.18. The number of amides is 2. The summed E-state index contributed by atoms with van der Waals surface area (Å²) in [5, 5.41) is 0.629. The highest BCUT2D eigenvalue weighted by Crippen LogP contribution is 2.51. The minimum Gasteiger partial charge on any atom is -0.334 e. The number of rotatable bonds is 1. The molecule has 2 N–H and O–H groups in total.